The maximum atomic E-state index is 14.7. The molecule has 0 saturated heterocycles. The van der Waals surface area contributed by atoms with Gasteiger partial charge in [0.25, 0.3) is 5.56 Å². The van der Waals surface area contributed by atoms with Crippen LogP contribution in [0, 0.1) is 5.82 Å². The Labute approximate surface area is 211 Å². The van der Waals surface area contributed by atoms with Gasteiger partial charge in [-0.2, -0.15) is 0 Å². The molecule has 36 heavy (non-hydrogen) atoms. The van der Waals surface area contributed by atoms with Gasteiger partial charge < -0.3 is 9.32 Å². The Balaban J connectivity index is 1.47. The first-order valence-corrected chi connectivity index (χ1v) is 12.3. The Morgan fingerprint density at radius 3 is 2.44 bits per heavy atom. The molecule has 0 aliphatic carbocycles. The lowest BCUT2D eigenvalue weighted by Crippen LogP contribution is -2.32. The Morgan fingerprint density at radius 1 is 0.917 bits per heavy atom. The number of furan rings is 1. The van der Waals surface area contributed by atoms with E-state index in [0.29, 0.717) is 29.8 Å². The summed E-state index contributed by atoms with van der Waals surface area (Å²) in [5, 5.41) is 0.620. The summed E-state index contributed by atoms with van der Waals surface area (Å²) in [6, 6.07) is 26.2. The van der Waals surface area contributed by atoms with E-state index in [9.17, 15) is 14.0 Å². The average Bonchev–Trinajstić information content (AvgIpc) is 3.42. The van der Waals surface area contributed by atoms with E-state index in [4.69, 9.17) is 4.42 Å². The zero-order valence-electron chi connectivity index (χ0n) is 19.2. The third-order valence-corrected chi connectivity index (χ3v) is 6.58. The predicted octanol–water partition coefficient (Wildman–Crippen LogP) is 5.44. The average molecular weight is 500 g/mol. The summed E-state index contributed by atoms with van der Waals surface area (Å²) in [4.78, 5) is 33.1. The van der Waals surface area contributed by atoms with Crippen LogP contribution in [0.4, 0.5) is 4.39 Å². The molecule has 0 aliphatic rings. The summed E-state index contributed by atoms with van der Waals surface area (Å²) in [6.07, 6.45) is 1.57. The van der Waals surface area contributed by atoms with Crippen molar-refractivity contribution in [2.75, 3.05) is 5.75 Å². The standard InChI is InChI=1S/C28H22FN3O3S/c29-23-13-5-7-15-25(23)32-27(34)22-12-4-6-14-24(22)30-28(32)36-19-26(33)31(18-21-11-8-16-35-21)17-20-9-2-1-3-10-20/h1-16H,17-19H2. The van der Waals surface area contributed by atoms with Gasteiger partial charge in [-0.1, -0.05) is 66.4 Å². The second-order valence-corrected chi connectivity index (χ2v) is 9.05. The number of rotatable bonds is 8. The first-order valence-electron chi connectivity index (χ1n) is 11.3. The van der Waals surface area contributed by atoms with Gasteiger partial charge in [-0.25, -0.2) is 9.37 Å². The molecule has 5 aromatic rings. The molecule has 2 heterocycles. The van der Waals surface area contributed by atoms with E-state index >= 15 is 0 Å². The predicted molar refractivity (Wildman–Crippen MR) is 137 cm³/mol. The van der Waals surface area contributed by atoms with E-state index in [1.165, 1.54) is 16.7 Å². The van der Waals surface area contributed by atoms with Crippen molar-refractivity contribution in [3.05, 3.63) is 125 Å². The maximum Gasteiger partial charge on any atom is 0.266 e. The van der Waals surface area contributed by atoms with Gasteiger partial charge >= 0.3 is 0 Å². The number of carbonyl (C=O) groups excluding carboxylic acids is 1. The molecule has 0 radical (unpaired) electrons. The molecule has 6 nitrogen and oxygen atoms in total. The van der Waals surface area contributed by atoms with Crippen LogP contribution in [0.1, 0.15) is 11.3 Å². The highest BCUT2D eigenvalue weighted by Gasteiger charge is 2.20. The van der Waals surface area contributed by atoms with Crippen LogP contribution in [-0.2, 0) is 17.9 Å². The third-order valence-electron chi connectivity index (χ3n) is 5.66. The van der Waals surface area contributed by atoms with Gasteiger partial charge in [0.2, 0.25) is 5.91 Å². The first-order chi connectivity index (χ1) is 17.6. The van der Waals surface area contributed by atoms with Crippen LogP contribution < -0.4 is 5.56 Å². The topological polar surface area (TPSA) is 68.3 Å². The highest BCUT2D eigenvalue weighted by molar-refractivity contribution is 7.99. The van der Waals surface area contributed by atoms with Gasteiger partial charge in [0, 0.05) is 6.54 Å². The molecule has 0 spiro atoms. The molecule has 5 rings (SSSR count). The number of hydrogen-bond donors (Lipinski definition) is 0. The number of aromatic nitrogens is 2. The van der Waals surface area contributed by atoms with Crippen LogP contribution in [0.5, 0.6) is 0 Å². The molecule has 180 valence electrons. The van der Waals surface area contributed by atoms with E-state index in [-0.39, 0.29) is 22.5 Å². The molecule has 8 heteroatoms. The number of amides is 1. The van der Waals surface area contributed by atoms with Crippen LogP contribution in [0.15, 0.2) is 112 Å². The van der Waals surface area contributed by atoms with Crippen LogP contribution in [-0.4, -0.2) is 26.1 Å². The lowest BCUT2D eigenvalue weighted by Gasteiger charge is -2.22. The smallest absolute Gasteiger partial charge is 0.266 e. The quantitative estimate of drug-likeness (QED) is 0.210. The van der Waals surface area contributed by atoms with Crippen molar-refractivity contribution in [3.8, 4) is 5.69 Å². The van der Waals surface area contributed by atoms with Crippen molar-refractivity contribution in [2.24, 2.45) is 0 Å². The summed E-state index contributed by atoms with van der Waals surface area (Å²) < 4.78 is 21.4. The molecule has 0 N–H and O–H groups in total. The second-order valence-electron chi connectivity index (χ2n) is 8.11. The number of nitrogens with zero attached hydrogens (tertiary/aromatic N) is 3. The van der Waals surface area contributed by atoms with E-state index < -0.39 is 11.4 Å². The van der Waals surface area contributed by atoms with E-state index in [1.54, 1.807) is 53.6 Å². The number of fused-ring (bicyclic) bond motifs is 1. The number of halogens is 1. The minimum atomic E-state index is -0.548. The highest BCUT2D eigenvalue weighted by atomic mass is 32.2. The lowest BCUT2D eigenvalue weighted by molar-refractivity contribution is -0.129. The molecule has 3 aromatic carbocycles. The van der Waals surface area contributed by atoms with Gasteiger partial charge in [0.1, 0.15) is 11.6 Å². The zero-order valence-corrected chi connectivity index (χ0v) is 20.0. The minimum absolute atomic E-state index is 0.00672. The third kappa shape index (κ3) is 5.08. The van der Waals surface area contributed by atoms with Crippen molar-refractivity contribution in [2.45, 2.75) is 18.2 Å². The van der Waals surface area contributed by atoms with E-state index in [2.05, 4.69) is 4.98 Å². The van der Waals surface area contributed by atoms with Crippen LogP contribution in [0.2, 0.25) is 0 Å². The molecular formula is C28H22FN3O3S. The van der Waals surface area contributed by atoms with E-state index in [1.807, 2.05) is 36.4 Å². The fraction of sp³-hybridized carbons (Fsp3) is 0.107. The molecule has 0 atom stereocenters. The van der Waals surface area contributed by atoms with Gasteiger partial charge in [0.15, 0.2) is 5.16 Å². The summed E-state index contributed by atoms with van der Waals surface area (Å²) in [6.45, 7) is 0.693. The van der Waals surface area contributed by atoms with Crippen molar-refractivity contribution < 1.29 is 13.6 Å². The number of para-hydroxylation sites is 2. The maximum absolute atomic E-state index is 14.7. The highest BCUT2D eigenvalue weighted by Crippen LogP contribution is 2.24. The van der Waals surface area contributed by atoms with Crippen molar-refractivity contribution in [3.63, 3.8) is 0 Å². The monoisotopic (exact) mass is 499 g/mol. The van der Waals surface area contributed by atoms with E-state index in [0.717, 1.165) is 17.3 Å². The summed E-state index contributed by atoms with van der Waals surface area (Å²) in [5.41, 5.74) is 1.17. The Bertz CT molecular complexity index is 1550. The van der Waals surface area contributed by atoms with Crippen molar-refractivity contribution >= 4 is 28.6 Å². The molecular weight excluding hydrogens is 477 g/mol. The Kier molecular flexibility index (Phi) is 6.95. The van der Waals surface area contributed by atoms with Gasteiger partial charge in [-0.15, -0.1) is 0 Å². The van der Waals surface area contributed by atoms with Crippen molar-refractivity contribution in [1.82, 2.24) is 14.5 Å². The molecule has 0 fully saturated rings. The SMILES string of the molecule is O=C(CSc1nc2ccccc2c(=O)n1-c1ccccc1F)N(Cc1ccccc1)Cc1ccco1. The summed E-state index contributed by atoms with van der Waals surface area (Å²) in [7, 11) is 0. The molecule has 1 amide bonds. The molecule has 0 unspecified atom stereocenters. The van der Waals surface area contributed by atoms with Gasteiger partial charge in [0.05, 0.1) is 35.2 Å². The normalized spacial score (nSPS) is 11.0. The molecule has 2 aromatic heterocycles. The zero-order chi connectivity index (χ0) is 24.9. The van der Waals surface area contributed by atoms with Gasteiger partial charge in [-0.3, -0.25) is 14.2 Å². The van der Waals surface area contributed by atoms with Crippen LogP contribution >= 0.6 is 11.8 Å². The Hall–Kier alpha value is -4.17. The van der Waals surface area contributed by atoms with Crippen LogP contribution in [0.3, 0.4) is 0 Å². The second kappa shape index (κ2) is 10.6. The number of carbonyl (C=O) groups is 1. The lowest BCUT2D eigenvalue weighted by atomic mass is 10.2. The number of hydrogen-bond acceptors (Lipinski definition) is 5. The number of benzene rings is 3. The molecule has 0 aliphatic heterocycles. The summed E-state index contributed by atoms with van der Waals surface area (Å²) in [5.74, 6) is -0.0419. The minimum Gasteiger partial charge on any atom is -0.467 e. The number of thioether (sulfide) groups is 1. The largest absolute Gasteiger partial charge is 0.467 e. The molecule has 0 saturated carbocycles. The first kappa shape index (κ1) is 23.6. The molecule has 0 bridgehead atoms. The Morgan fingerprint density at radius 2 is 1.67 bits per heavy atom. The van der Waals surface area contributed by atoms with Crippen LogP contribution in [0.25, 0.3) is 16.6 Å². The fourth-order valence-electron chi connectivity index (χ4n) is 3.90. The van der Waals surface area contributed by atoms with Crippen molar-refractivity contribution in [1.29, 1.82) is 0 Å². The summed E-state index contributed by atoms with van der Waals surface area (Å²) >= 11 is 1.10. The fourth-order valence-corrected chi connectivity index (χ4v) is 4.81. The van der Waals surface area contributed by atoms with Gasteiger partial charge in [-0.05, 0) is 42.0 Å².